The molecular weight excluding hydrogens is 274 g/mol. The molecule has 1 fully saturated rings. The summed E-state index contributed by atoms with van der Waals surface area (Å²) < 4.78 is 0. The molecule has 2 unspecified atom stereocenters. The standard InChI is InChI=1S/C15H17NO3S/c1-15(2)11(12(15)14(18)19)13(17)16-7-8-20-10-6-4-3-5-9(10)16/h3-6,11-12H,7-8H2,1-2H3,(H,18,19). The molecule has 0 spiro atoms. The highest BCUT2D eigenvalue weighted by molar-refractivity contribution is 7.99. The van der Waals surface area contributed by atoms with Gasteiger partial charge < -0.3 is 10.0 Å². The summed E-state index contributed by atoms with van der Waals surface area (Å²) >= 11 is 1.74. The van der Waals surface area contributed by atoms with Gasteiger partial charge in [-0.3, -0.25) is 9.59 Å². The van der Waals surface area contributed by atoms with Crippen LogP contribution in [-0.4, -0.2) is 29.3 Å². The van der Waals surface area contributed by atoms with E-state index in [-0.39, 0.29) is 5.91 Å². The maximum absolute atomic E-state index is 12.7. The number of hydrogen-bond donors (Lipinski definition) is 1. The number of carbonyl (C=O) groups is 2. The number of hydrogen-bond acceptors (Lipinski definition) is 3. The first-order valence-corrected chi connectivity index (χ1v) is 7.69. The van der Waals surface area contributed by atoms with Crippen molar-refractivity contribution in [2.75, 3.05) is 17.2 Å². The molecule has 1 aliphatic heterocycles. The van der Waals surface area contributed by atoms with Gasteiger partial charge in [0.05, 0.1) is 17.5 Å². The molecule has 106 valence electrons. The number of para-hydroxylation sites is 1. The lowest BCUT2D eigenvalue weighted by atomic mass is 10.1. The number of rotatable bonds is 2. The molecule has 0 saturated heterocycles. The summed E-state index contributed by atoms with van der Waals surface area (Å²) in [5.74, 6) is -1.02. The van der Waals surface area contributed by atoms with E-state index >= 15 is 0 Å². The molecule has 1 amide bonds. The Morgan fingerprint density at radius 1 is 1.30 bits per heavy atom. The molecule has 1 N–H and O–H groups in total. The van der Waals surface area contributed by atoms with Crippen LogP contribution >= 0.6 is 11.8 Å². The van der Waals surface area contributed by atoms with Crippen LogP contribution in [0.1, 0.15) is 13.8 Å². The predicted octanol–water partition coefficient (Wildman–Crippen LogP) is 2.48. The lowest BCUT2D eigenvalue weighted by Gasteiger charge is -2.29. The number of aliphatic carboxylic acids is 1. The van der Waals surface area contributed by atoms with Crippen LogP contribution in [0, 0.1) is 17.3 Å². The van der Waals surface area contributed by atoms with Crippen LogP contribution in [0.3, 0.4) is 0 Å². The number of carboxylic acids is 1. The van der Waals surface area contributed by atoms with E-state index in [0.29, 0.717) is 6.54 Å². The number of nitrogens with zero attached hydrogens (tertiary/aromatic N) is 1. The fourth-order valence-corrected chi connectivity index (χ4v) is 4.12. The van der Waals surface area contributed by atoms with E-state index in [2.05, 4.69) is 0 Å². The van der Waals surface area contributed by atoms with E-state index in [1.165, 1.54) is 0 Å². The summed E-state index contributed by atoms with van der Waals surface area (Å²) in [7, 11) is 0. The monoisotopic (exact) mass is 291 g/mol. The van der Waals surface area contributed by atoms with Crippen LogP contribution in [0.2, 0.25) is 0 Å². The van der Waals surface area contributed by atoms with Crippen LogP contribution < -0.4 is 4.90 Å². The molecule has 1 saturated carbocycles. The molecule has 1 aromatic rings. The van der Waals surface area contributed by atoms with Gasteiger partial charge in [0.1, 0.15) is 0 Å². The van der Waals surface area contributed by atoms with Crippen molar-refractivity contribution in [3.05, 3.63) is 24.3 Å². The lowest BCUT2D eigenvalue weighted by molar-refractivity contribution is -0.140. The number of amides is 1. The quantitative estimate of drug-likeness (QED) is 0.909. The predicted molar refractivity (Wildman–Crippen MR) is 77.9 cm³/mol. The van der Waals surface area contributed by atoms with Crippen molar-refractivity contribution in [3.8, 4) is 0 Å². The Kier molecular flexibility index (Phi) is 3.05. The van der Waals surface area contributed by atoms with Crippen molar-refractivity contribution in [3.63, 3.8) is 0 Å². The Bertz CT molecular complexity index is 584. The first-order valence-electron chi connectivity index (χ1n) is 6.70. The fourth-order valence-electron chi connectivity index (χ4n) is 3.13. The third kappa shape index (κ3) is 1.92. The van der Waals surface area contributed by atoms with E-state index in [1.807, 2.05) is 38.1 Å². The zero-order valence-electron chi connectivity index (χ0n) is 11.5. The Morgan fingerprint density at radius 2 is 2.00 bits per heavy atom. The minimum atomic E-state index is -0.868. The highest BCUT2D eigenvalue weighted by atomic mass is 32.2. The fraction of sp³-hybridized carbons (Fsp3) is 0.467. The Hall–Kier alpha value is -1.49. The molecule has 2 atom stereocenters. The number of thioether (sulfide) groups is 1. The molecule has 1 aromatic carbocycles. The van der Waals surface area contributed by atoms with Gasteiger partial charge in [-0.25, -0.2) is 0 Å². The molecule has 4 nitrogen and oxygen atoms in total. The topological polar surface area (TPSA) is 57.6 Å². The molecule has 1 aliphatic carbocycles. The molecule has 0 bridgehead atoms. The van der Waals surface area contributed by atoms with E-state index in [9.17, 15) is 14.7 Å². The van der Waals surface area contributed by atoms with Crippen LogP contribution in [0.25, 0.3) is 0 Å². The second-order valence-corrected chi connectivity index (χ2v) is 7.06. The van der Waals surface area contributed by atoms with E-state index in [0.717, 1.165) is 16.3 Å². The van der Waals surface area contributed by atoms with Gasteiger partial charge in [0, 0.05) is 17.2 Å². The lowest BCUT2D eigenvalue weighted by Crippen LogP contribution is -2.37. The minimum absolute atomic E-state index is 0.0462. The first-order chi connectivity index (χ1) is 9.44. The molecule has 2 aliphatic rings. The second-order valence-electron chi connectivity index (χ2n) is 5.92. The van der Waals surface area contributed by atoms with Crippen molar-refractivity contribution in [1.82, 2.24) is 0 Å². The highest BCUT2D eigenvalue weighted by Gasteiger charge is 2.66. The summed E-state index contributed by atoms with van der Waals surface area (Å²) in [5, 5.41) is 9.23. The van der Waals surface area contributed by atoms with Crippen LogP contribution in [0.15, 0.2) is 29.2 Å². The van der Waals surface area contributed by atoms with Crippen molar-refractivity contribution in [2.24, 2.45) is 17.3 Å². The average molecular weight is 291 g/mol. The molecular formula is C15H17NO3S. The molecule has 1 heterocycles. The highest BCUT2D eigenvalue weighted by Crippen LogP contribution is 2.59. The van der Waals surface area contributed by atoms with E-state index in [1.54, 1.807) is 16.7 Å². The second kappa shape index (κ2) is 4.52. The number of carboxylic acid groups (broad SMARTS) is 1. The minimum Gasteiger partial charge on any atom is -0.481 e. The maximum atomic E-state index is 12.7. The Labute approximate surface area is 122 Å². The molecule has 20 heavy (non-hydrogen) atoms. The molecule has 3 rings (SSSR count). The smallest absolute Gasteiger partial charge is 0.307 e. The van der Waals surface area contributed by atoms with Crippen molar-refractivity contribution < 1.29 is 14.7 Å². The summed E-state index contributed by atoms with van der Waals surface area (Å²) in [6.45, 7) is 4.37. The van der Waals surface area contributed by atoms with Crippen LogP contribution in [-0.2, 0) is 9.59 Å². The molecule has 0 aromatic heterocycles. The van der Waals surface area contributed by atoms with Gasteiger partial charge in [-0.2, -0.15) is 0 Å². The van der Waals surface area contributed by atoms with Crippen LogP contribution in [0.4, 0.5) is 5.69 Å². The van der Waals surface area contributed by atoms with Crippen molar-refractivity contribution in [1.29, 1.82) is 0 Å². The summed E-state index contributed by atoms with van der Waals surface area (Å²) in [4.78, 5) is 26.8. The largest absolute Gasteiger partial charge is 0.481 e. The Morgan fingerprint density at radius 3 is 2.65 bits per heavy atom. The van der Waals surface area contributed by atoms with Gasteiger partial charge >= 0.3 is 5.97 Å². The zero-order valence-corrected chi connectivity index (χ0v) is 12.3. The Balaban J connectivity index is 1.89. The SMILES string of the molecule is CC1(C)C(C(=O)O)C1C(=O)N1CCSc2ccccc21. The van der Waals surface area contributed by atoms with Gasteiger partial charge in [0.25, 0.3) is 0 Å². The van der Waals surface area contributed by atoms with Gasteiger partial charge in [-0.05, 0) is 17.5 Å². The molecule has 5 heteroatoms. The number of anilines is 1. The van der Waals surface area contributed by atoms with E-state index < -0.39 is 23.2 Å². The maximum Gasteiger partial charge on any atom is 0.307 e. The normalized spacial score (nSPS) is 26.8. The van der Waals surface area contributed by atoms with Crippen LogP contribution in [0.5, 0.6) is 0 Å². The third-order valence-electron chi connectivity index (χ3n) is 4.35. The zero-order chi connectivity index (χ0) is 14.5. The average Bonchev–Trinajstić information content (AvgIpc) is 3.00. The van der Waals surface area contributed by atoms with Gasteiger partial charge in [0.15, 0.2) is 0 Å². The van der Waals surface area contributed by atoms with E-state index in [4.69, 9.17) is 0 Å². The number of carbonyl (C=O) groups excluding carboxylic acids is 1. The van der Waals surface area contributed by atoms with Gasteiger partial charge in [-0.1, -0.05) is 26.0 Å². The summed E-state index contributed by atoms with van der Waals surface area (Å²) in [5.41, 5.74) is 0.475. The molecule has 0 radical (unpaired) electrons. The van der Waals surface area contributed by atoms with Gasteiger partial charge in [-0.15, -0.1) is 11.8 Å². The van der Waals surface area contributed by atoms with Gasteiger partial charge in [0.2, 0.25) is 5.91 Å². The van der Waals surface area contributed by atoms with Crippen molar-refractivity contribution in [2.45, 2.75) is 18.7 Å². The summed E-state index contributed by atoms with van der Waals surface area (Å²) in [6, 6.07) is 7.81. The van der Waals surface area contributed by atoms with Crippen molar-refractivity contribution >= 4 is 29.3 Å². The first kappa shape index (κ1) is 13.5. The third-order valence-corrected chi connectivity index (χ3v) is 5.40. The number of fused-ring (bicyclic) bond motifs is 1. The number of benzene rings is 1. The summed E-state index contributed by atoms with van der Waals surface area (Å²) in [6.07, 6.45) is 0.